The van der Waals surface area contributed by atoms with Crippen molar-refractivity contribution in [3.63, 3.8) is 0 Å². The summed E-state index contributed by atoms with van der Waals surface area (Å²) in [5.41, 5.74) is 3.35. The van der Waals surface area contributed by atoms with E-state index in [0.29, 0.717) is 5.92 Å². The summed E-state index contributed by atoms with van der Waals surface area (Å²) in [6.45, 7) is 4.34. The highest BCUT2D eigenvalue weighted by molar-refractivity contribution is 9.11. The molecule has 0 saturated carbocycles. The average Bonchev–Trinajstić information content (AvgIpc) is 2.85. The first-order valence-corrected chi connectivity index (χ1v) is 7.38. The molecule has 0 bridgehead atoms. The summed E-state index contributed by atoms with van der Waals surface area (Å²) in [4.78, 5) is 5.65. The molecule has 0 aliphatic carbocycles. The van der Waals surface area contributed by atoms with E-state index in [9.17, 15) is 0 Å². The molecule has 0 saturated heterocycles. The molecule has 3 aromatic rings. The maximum absolute atomic E-state index is 4.71. The van der Waals surface area contributed by atoms with Gasteiger partial charge in [-0.05, 0) is 21.8 Å². The van der Waals surface area contributed by atoms with E-state index in [0.717, 1.165) is 25.8 Å². The molecule has 0 amide bonds. The lowest BCUT2D eigenvalue weighted by molar-refractivity contribution is 0.767. The lowest BCUT2D eigenvalue weighted by Crippen LogP contribution is -1.97. The number of hydrogen-bond acceptors (Lipinski definition) is 3. The van der Waals surface area contributed by atoms with Crippen molar-refractivity contribution in [1.29, 1.82) is 0 Å². The number of nitrogens with zero attached hydrogens (tertiary/aromatic N) is 3. The van der Waals surface area contributed by atoms with Crippen LogP contribution in [0.2, 0.25) is 0 Å². The Hall–Kier alpha value is -1.20. The van der Waals surface area contributed by atoms with Crippen LogP contribution in [0, 0.1) is 0 Å². The van der Waals surface area contributed by atoms with Crippen molar-refractivity contribution in [3.05, 3.63) is 39.9 Å². The highest BCUT2D eigenvalue weighted by Crippen LogP contribution is 2.32. The van der Waals surface area contributed by atoms with Crippen LogP contribution in [0.5, 0.6) is 0 Å². The maximum atomic E-state index is 4.71. The third kappa shape index (κ3) is 1.87. The van der Waals surface area contributed by atoms with Gasteiger partial charge in [-0.3, -0.25) is 0 Å². The smallest absolute Gasteiger partial charge is 0.213 e. The number of fused-ring (bicyclic) bond motifs is 1. The summed E-state index contributed by atoms with van der Waals surface area (Å²) in [6, 6.07) is 10.3. The highest BCUT2D eigenvalue weighted by atomic mass is 79.9. The van der Waals surface area contributed by atoms with E-state index < -0.39 is 0 Å². The second-order valence-electron chi connectivity index (χ2n) is 4.42. The Kier molecular flexibility index (Phi) is 2.95. The van der Waals surface area contributed by atoms with Gasteiger partial charge in [-0.1, -0.05) is 55.5 Å². The third-order valence-corrected chi connectivity index (χ3v) is 4.15. The van der Waals surface area contributed by atoms with Crippen LogP contribution in [-0.2, 0) is 0 Å². The normalized spacial score (nSPS) is 11.6. The van der Waals surface area contributed by atoms with Crippen LogP contribution in [0.4, 0.5) is 0 Å². The molecule has 0 unspecified atom stereocenters. The van der Waals surface area contributed by atoms with Gasteiger partial charge >= 0.3 is 0 Å². The van der Waals surface area contributed by atoms with E-state index >= 15 is 0 Å². The largest absolute Gasteiger partial charge is 0.217 e. The Labute approximate surface area is 118 Å². The summed E-state index contributed by atoms with van der Waals surface area (Å²) in [5.74, 6) is 0.379. The predicted molar refractivity (Wildman–Crippen MR) is 78.1 cm³/mol. The fourth-order valence-electron chi connectivity index (χ4n) is 2.07. The summed E-state index contributed by atoms with van der Waals surface area (Å²) in [6.07, 6.45) is 0. The Morgan fingerprint density at radius 3 is 2.61 bits per heavy atom. The van der Waals surface area contributed by atoms with Crippen LogP contribution >= 0.6 is 27.3 Å². The molecule has 0 aliphatic rings. The van der Waals surface area contributed by atoms with Gasteiger partial charge in [0.2, 0.25) is 4.96 Å². The quantitative estimate of drug-likeness (QED) is 0.702. The average molecular weight is 322 g/mol. The molecule has 0 fully saturated rings. The highest BCUT2D eigenvalue weighted by Gasteiger charge is 2.19. The standard InChI is InChI=1S/C13H12BrN3S/c1-8(2)11-10(9-6-4-3-5-7-9)15-13-17(11)16-12(14)18-13/h3-8H,1-2H3. The third-order valence-electron chi connectivity index (χ3n) is 2.81. The lowest BCUT2D eigenvalue weighted by Gasteiger charge is -2.06. The number of hydrogen-bond donors (Lipinski definition) is 0. The number of rotatable bonds is 2. The van der Waals surface area contributed by atoms with Crippen molar-refractivity contribution in [3.8, 4) is 11.3 Å². The van der Waals surface area contributed by atoms with Gasteiger partial charge in [0.05, 0.1) is 11.4 Å². The summed E-state index contributed by atoms with van der Waals surface area (Å²) < 4.78 is 2.81. The van der Waals surface area contributed by atoms with Crippen molar-refractivity contribution in [1.82, 2.24) is 14.6 Å². The Morgan fingerprint density at radius 1 is 1.22 bits per heavy atom. The molecule has 0 spiro atoms. The zero-order valence-corrected chi connectivity index (χ0v) is 12.5. The SMILES string of the molecule is CC(C)c1c(-c2ccccc2)nc2sc(Br)nn12. The van der Waals surface area contributed by atoms with Gasteiger partial charge in [0, 0.05) is 5.56 Å². The monoisotopic (exact) mass is 321 g/mol. The minimum absolute atomic E-state index is 0.379. The Balaban J connectivity index is 2.29. The van der Waals surface area contributed by atoms with Crippen molar-refractivity contribution in [2.45, 2.75) is 19.8 Å². The van der Waals surface area contributed by atoms with Gasteiger partial charge in [-0.25, -0.2) is 9.50 Å². The van der Waals surface area contributed by atoms with Crippen LogP contribution in [0.15, 0.2) is 34.2 Å². The molecule has 2 aromatic heterocycles. The van der Waals surface area contributed by atoms with Gasteiger partial charge in [0.1, 0.15) is 0 Å². The fourth-order valence-corrected chi connectivity index (χ4v) is 3.30. The van der Waals surface area contributed by atoms with E-state index in [1.54, 1.807) is 11.3 Å². The Morgan fingerprint density at radius 2 is 1.94 bits per heavy atom. The van der Waals surface area contributed by atoms with Gasteiger partial charge in [0.25, 0.3) is 0 Å². The van der Waals surface area contributed by atoms with Crippen molar-refractivity contribution in [2.75, 3.05) is 0 Å². The Bertz CT molecular complexity index is 685. The molecular weight excluding hydrogens is 310 g/mol. The summed E-state index contributed by atoms with van der Waals surface area (Å²) in [7, 11) is 0. The first-order valence-electron chi connectivity index (χ1n) is 5.77. The minimum atomic E-state index is 0.379. The minimum Gasteiger partial charge on any atom is -0.217 e. The zero-order chi connectivity index (χ0) is 12.7. The molecule has 0 radical (unpaired) electrons. The first kappa shape index (κ1) is 11.9. The molecule has 0 atom stereocenters. The van der Waals surface area contributed by atoms with E-state index in [1.807, 2.05) is 22.7 Å². The molecule has 18 heavy (non-hydrogen) atoms. The first-order chi connectivity index (χ1) is 8.66. The molecule has 92 valence electrons. The molecule has 3 rings (SSSR count). The zero-order valence-electron chi connectivity index (χ0n) is 10.1. The van der Waals surface area contributed by atoms with Crippen LogP contribution in [-0.4, -0.2) is 14.6 Å². The van der Waals surface area contributed by atoms with Gasteiger partial charge in [0.15, 0.2) is 3.92 Å². The van der Waals surface area contributed by atoms with Gasteiger partial charge < -0.3 is 0 Å². The predicted octanol–water partition coefficient (Wildman–Crippen LogP) is 4.34. The second kappa shape index (κ2) is 4.48. The van der Waals surface area contributed by atoms with Gasteiger partial charge in [-0.2, -0.15) is 0 Å². The van der Waals surface area contributed by atoms with E-state index in [1.165, 1.54) is 0 Å². The number of halogens is 1. The molecule has 0 aliphatic heterocycles. The van der Waals surface area contributed by atoms with Crippen LogP contribution in [0.1, 0.15) is 25.5 Å². The molecule has 5 heteroatoms. The van der Waals surface area contributed by atoms with E-state index in [-0.39, 0.29) is 0 Å². The van der Waals surface area contributed by atoms with Crippen LogP contribution in [0.3, 0.4) is 0 Å². The second-order valence-corrected chi connectivity index (χ2v) is 6.65. The molecule has 0 N–H and O–H groups in total. The topological polar surface area (TPSA) is 30.2 Å². The molecule has 1 aromatic carbocycles. The van der Waals surface area contributed by atoms with Crippen molar-refractivity contribution < 1.29 is 0 Å². The van der Waals surface area contributed by atoms with E-state index in [4.69, 9.17) is 4.98 Å². The molecule has 3 nitrogen and oxygen atoms in total. The van der Waals surface area contributed by atoms with Crippen LogP contribution in [0.25, 0.3) is 16.2 Å². The van der Waals surface area contributed by atoms with Crippen molar-refractivity contribution in [2.24, 2.45) is 0 Å². The molecular formula is C13H12BrN3S. The summed E-state index contributed by atoms with van der Waals surface area (Å²) in [5, 5.41) is 4.47. The molecule has 2 heterocycles. The van der Waals surface area contributed by atoms with E-state index in [2.05, 4.69) is 47.0 Å². The number of imidazole rings is 1. The maximum Gasteiger partial charge on any atom is 0.213 e. The van der Waals surface area contributed by atoms with Gasteiger partial charge in [-0.15, -0.1) is 5.10 Å². The fraction of sp³-hybridized carbons (Fsp3) is 0.231. The summed E-state index contributed by atoms with van der Waals surface area (Å²) >= 11 is 4.97. The lowest BCUT2D eigenvalue weighted by atomic mass is 10.0. The van der Waals surface area contributed by atoms with Crippen LogP contribution < -0.4 is 0 Å². The number of benzene rings is 1. The number of aromatic nitrogens is 3. The van der Waals surface area contributed by atoms with Crippen molar-refractivity contribution >= 4 is 32.2 Å².